The number of piperidine rings is 1. The van der Waals surface area contributed by atoms with E-state index in [0.29, 0.717) is 12.1 Å². The lowest BCUT2D eigenvalue weighted by molar-refractivity contribution is 0.174. The molecule has 0 spiro atoms. The number of anilines is 1. The lowest BCUT2D eigenvalue weighted by Gasteiger charge is -2.33. The van der Waals surface area contributed by atoms with Crippen molar-refractivity contribution < 1.29 is 0 Å². The highest BCUT2D eigenvalue weighted by Gasteiger charge is 2.37. The first kappa shape index (κ1) is 12.7. The molecule has 3 heterocycles. The zero-order valence-corrected chi connectivity index (χ0v) is 11.8. The predicted molar refractivity (Wildman–Crippen MR) is 78.5 cm³/mol. The first-order valence-corrected chi connectivity index (χ1v) is 7.44. The van der Waals surface area contributed by atoms with Gasteiger partial charge in [-0.15, -0.1) is 6.58 Å². The minimum atomic E-state index is 0.591. The minimum Gasteiger partial charge on any atom is -0.352 e. The molecule has 1 aromatic rings. The van der Waals surface area contributed by atoms with Crippen LogP contribution in [0.25, 0.3) is 0 Å². The van der Waals surface area contributed by atoms with Gasteiger partial charge in [0, 0.05) is 25.3 Å². The summed E-state index contributed by atoms with van der Waals surface area (Å²) in [5.74, 6) is 1.01. The van der Waals surface area contributed by atoms with Crippen molar-refractivity contribution in [2.75, 3.05) is 25.0 Å². The molecular formula is C15H24N4. The van der Waals surface area contributed by atoms with Crippen LogP contribution in [-0.2, 0) is 0 Å². The van der Waals surface area contributed by atoms with Gasteiger partial charge in [-0.2, -0.15) is 0 Å². The Hall–Kier alpha value is -1.29. The quantitative estimate of drug-likeness (QED) is 0.845. The van der Waals surface area contributed by atoms with Gasteiger partial charge in [-0.05, 0) is 32.7 Å². The Morgan fingerprint density at radius 1 is 1.37 bits per heavy atom. The van der Waals surface area contributed by atoms with Crippen molar-refractivity contribution in [1.29, 1.82) is 0 Å². The van der Waals surface area contributed by atoms with E-state index in [1.165, 1.54) is 38.8 Å². The highest BCUT2D eigenvalue weighted by Crippen LogP contribution is 2.36. The maximum atomic E-state index is 4.62. The predicted octanol–water partition coefficient (Wildman–Crippen LogP) is 2.59. The Balaban J connectivity index is 1.82. The average Bonchev–Trinajstić information content (AvgIpc) is 2.99. The topological polar surface area (TPSA) is 33.1 Å². The van der Waals surface area contributed by atoms with Crippen LogP contribution in [-0.4, -0.2) is 40.1 Å². The van der Waals surface area contributed by atoms with E-state index in [9.17, 15) is 0 Å². The van der Waals surface area contributed by atoms with Crippen LogP contribution < -0.4 is 5.32 Å². The van der Waals surface area contributed by atoms with Gasteiger partial charge < -0.3 is 9.88 Å². The van der Waals surface area contributed by atoms with E-state index in [-0.39, 0.29) is 0 Å². The van der Waals surface area contributed by atoms with Crippen molar-refractivity contribution in [2.24, 2.45) is 0 Å². The summed E-state index contributed by atoms with van der Waals surface area (Å²) >= 11 is 0. The molecule has 2 unspecified atom stereocenters. The van der Waals surface area contributed by atoms with Crippen molar-refractivity contribution >= 4 is 5.95 Å². The molecule has 2 fully saturated rings. The minimum absolute atomic E-state index is 0.591. The number of nitrogens with one attached hydrogen (secondary N) is 1. The number of rotatable bonds is 4. The van der Waals surface area contributed by atoms with Crippen LogP contribution in [0.4, 0.5) is 5.95 Å². The second-order valence-electron chi connectivity index (χ2n) is 5.74. The lowest BCUT2D eigenvalue weighted by Crippen LogP contribution is -2.37. The van der Waals surface area contributed by atoms with Crippen molar-refractivity contribution in [1.82, 2.24) is 14.5 Å². The van der Waals surface area contributed by atoms with Crippen LogP contribution in [0.2, 0.25) is 0 Å². The van der Waals surface area contributed by atoms with Crippen molar-refractivity contribution in [3.63, 3.8) is 0 Å². The number of nitrogens with zero attached hydrogens (tertiary/aromatic N) is 3. The summed E-state index contributed by atoms with van der Waals surface area (Å²) in [4.78, 5) is 7.28. The molecule has 1 N–H and O–H groups in total. The van der Waals surface area contributed by atoms with E-state index in [1.54, 1.807) is 0 Å². The van der Waals surface area contributed by atoms with E-state index >= 15 is 0 Å². The molecule has 4 nitrogen and oxygen atoms in total. The third kappa shape index (κ3) is 2.41. The smallest absolute Gasteiger partial charge is 0.203 e. The maximum absolute atomic E-state index is 4.62. The molecule has 19 heavy (non-hydrogen) atoms. The molecule has 0 bridgehead atoms. The van der Waals surface area contributed by atoms with Crippen LogP contribution in [0.5, 0.6) is 0 Å². The van der Waals surface area contributed by atoms with Crippen molar-refractivity contribution in [3.05, 3.63) is 24.5 Å². The summed E-state index contributed by atoms with van der Waals surface area (Å²) in [5, 5.41) is 3.37. The van der Waals surface area contributed by atoms with Gasteiger partial charge >= 0.3 is 0 Å². The molecule has 3 rings (SSSR count). The van der Waals surface area contributed by atoms with Crippen LogP contribution in [0.1, 0.15) is 37.4 Å². The van der Waals surface area contributed by atoms with Gasteiger partial charge in [0.15, 0.2) is 0 Å². The Bertz CT molecular complexity index is 451. The van der Waals surface area contributed by atoms with Gasteiger partial charge in [0.2, 0.25) is 5.95 Å². The van der Waals surface area contributed by atoms with Gasteiger partial charge in [0.1, 0.15) is 0 Å². The average molecular weight is 260 g/mol. The van der Waals surface area contributed by atoms with E-state index in [4.69, 9.17) is 0 Å². The molecule has 0 radical (unpaired) electrons. The Labute approximate surface area is 115 Å². The number of fused-ring (bicyclic) bond motifs is 1. The van der Waals surface area contributed by atoms with Gasteiger partial charge in [0.05, 0.1) is 11.7 Å². The normalized spacial score (nSPS) is 27.2. The fraction of sp³-hybridized carbons (Fsp3) is 0.667. The number of imidazole rings is 1. The van der Waals surface area contributed by atoms with Crippen LogP contribution >= 0.6 is 0 Å². The highest BCUT2D eigenvalue weighted by molar-refractivity contribution is 5.31. The van der Waals surface area contributed by atoms with E-state index in [0.717, 1.165) is 18.2 Å². The molecule has 0 amide bonds. The van der Waals surface area contributed by atoms with E-state index in [1.807, 2.05) is 6.08 Å². The number of hydrogen-bond donors (Lipinski definition) is 1. The lowest BCUT2D eigenvalue weighted by atomic mass is 9.99. The third-order valence-electron chi connectivity index (χ3n) is 4.44. The second-order valence-corrected chi connectivity index (χ2v) is 5.74. The molecule has 0 saturated carbocycles. The summed E-state index contributed by atoms with van der Waals surface area (Å²) in [6.07, 6.45) is 9.42. The Morgan fingerprint density at radius 2 is 2.26 bits per heavy atom. The molecule has 2 aliphatic heterocycles. The highest BCUT2D eigenvalue weighted by atomic mass is 15.3. The van der Waals surface area contributed by atoms with Gasteiger partial charge in [0.25, 0.3) is 0 Å². The van der Waals surface area contributed by atoms with Crippen LogP contribution in [0.3, 0.4) is 0 Å². The molecular weight excluding hydrogens is 236 g/mol. The van der Waals surface area contributed by atoms with E-state index < -0.39 is 0 Å². The number of aromatic nitrogens is 2. The summed E-state index contributed by atoms with van der Waals surface area (Å²) < 4.78 is 2.37. The molecule has 4 heteroatoms. The standard InChI is InChI=1S/C15H24N4/c1-3-8-16-15-17-12(2)11-19(15)14-7-10-18-9-5-4-6-13(14)18/h3,11,13-14H,1,4-10H2,2H3,(H,16,17). The third-order valence-corrected chi connectivity index (χ3v) is 4.44. The zero-order valence-electron chi connectivity index (χ0n) is 11.8. The molecule has 104 valence electrons. The Morgan fingerprint density at radius 3 is 3.11 bits per heavy atom. The van der Waals surface area contributed by atoms with Gasteiger partial charge in [-0.25, -0.2) is 4.98 Å². The van der Waals surface area contributed by atoms with Crippen molar-refractivity contribution in [3.8, 4) is 0 Å². The molecule has 1 aromatic heterocycles. The molecule has 2 atom stereocenters. The van der Waals surface area contributed by atoms with Gasteiger partial charge in [-0.1, -0.05) is 12.5 Å². The summed E-state index contributed by atoms with van der Waals surface area (Å²) in [7, 11) is 0. The second kappa shape index (κ2) is 5.37. The molecule has 2 aliphatic rings. The fourth-order valence-corrected chi connectivity index (χ4v) is 3.61. The first-order valence-electron chi connectivity index (χ1n) is 7.44. The summed E-state index contributed by atoms with van der Waals surface area (Å²) in [6.45, 7) is 9.14. The monoisotopic (exact) mass is 260 g/mol. The molecule has 2 saturated heterocycles. The Kier molecular flexibility index (Phi) is 3.60. The SMILES string of the molecule is C=CCNc1nc(C)cn1C1CCN2CCCCC12. The first-order chi connectivity index (χ1) is 9.29. The zero-order chi connectivity index (χ0) is 13.2. The number of aryl methyl sites for hydroxylation is 1. The fourth-order valence-electron chi connectivity index (χ4n) is 3.61. The molecule has 0 aliphatic carbocycles. The summed E-state index contributed by atoms with van der Waals surface area (Å²) in [5.41, 5.74) is 1.10. The summed E-state index contributed by atoms with van der Waals surface area (Å²) in [6, 6.07) is 1.31. The maximum Gasteiger partial charge on any atom is 0.203 e. The molecule has 0 aromatic carbocycles. The van der Waals surface area contributed by atoms with Crippen LogP contribution in [0, 0.1) is 6.92 Å². The van der Waals surface area contributed by atoms with E-state index in [2.05, 4.69) is 39.5 Å². The van der Waals surface area contributed by atoms with Crippen molar-refractivity contribution in [2.45, 2.75) is 44.7 Å². The number of hydrogen-bond acceptors (Lipinski definition) is 3. The van der Waals surface area contributed by atoms with Gasteiger partial charge in [-0.3, -0.25) is 4.90 Å². The van der Waals surface area contributed by atoms with Crippen LogP contribution in [0.15, 0.2) is 18.9 Å². The largest absolute Gasteiger partial charge is 0.352 e.